The standard InChI is InChI=1S/C13H13BrN2O2S/c14-8-1-2-9-7(5-8)6-16(13(9)19)10-3-4-11(17)15-12(10)18/h1-2,5,10,13,19H,3-4,6H2,(H,15,17,18). The molecule has 4 nitrogen and oxygen atoms in total. The minimum atomic E-state index is -0.272. The third-order valence-electron chi connectivity index (χ3n) is 3.66. The van der Waals surface area contributed by atoms with E-state index in [4.69, 9.17) is 0 Å². The second kappa shape index (κ2) is 4.92. The summed E-state index contributed by atoms with van der Waals surface area (Å²) in [7, 11) is 0. The molecule has 0 bridgehead atoms. The molecular formula is C13H13BrN2O2S. The third-order valence-corrected chi connectivity index (χ3v) is 4.73. The molecule has 1 fully saturated rings. The number of thiol groups is 1. The Balaban J connectivity index is 1.85. The summed E-state index contributed by atoms with van der Waals surface area (Å²) in [6, 6.07) is 5.80. The molecule has 1 saturated heterocycles. The Morgan fingerprint density at radius 3 is 2.89 bits per heavy atom. The van der Waals surface area contributed by atoms with E-state index in [9.17, 15) is 9.59 Å². The molecule has 2 atom stereocenters. The first kappa shape index (κ1) is 13.1. The van der Waals surface area contributed by atoms with Gasteiger partial charge in [-0.05, 0) is 29.7 Å². The summed E-state index contributed by atoms with van der Waals surface area (Å²) in [5, 5.41) is 2.31. The van der Waals surface area contributed by atoms with Gasteiger partial charge in [0.25, 0.3) is 0 Å². The van der Waals surface area contributed by atoms with Crippen molar-refractivity contribution >= 4 is 40.4 Å². The molecule has 0 radical (unpaired) electrons. The Morgan fingerprint density at radius 1 is 1.37 bits per heavy atom. The van der Waals surface area contributed by atoms with Crippen molar-refractivity contribution in [2.45, 2.75) is 30.8 Å². The van der Waals surface area contributed by atoms with Crippen LogP contribution in [-0.4, -0.2) is 22.8 Å². The van der Waals surface area contributed by atoms with E-state index in [0.717, 1.165) is 10.0 Å². The van der Waals surface area contributed by atoms with E-state index in [1.54, 1.807) is 0 Å². The Morgan fingerprint density at radius 2 is 2.16 bits per heavy atom. The van der Waals surface area contributed by atoms with Crippen molar-refractivity contribution < 1.29 is 9.59 Å². The molecule has 3 rings (SSSR count). The maximum atomic E-state index is 11.9. The Bertz CT molecular complexity index is 564. The molecule has 19 heavy (non-hydrogen) atoms. The summed E-state index contributed by atoms with van der Waals surface area (Å²) >= 11 is 8.07. The van der Waals surface area contributed by atoms with Gasteiger partial charge in [0.05, 0.1) is 11.4 Å². The average Bonchev–Trinajstić information content (AvgIpc) is 2.66. The second-order valence-electron chi connectivity index (χ2n) is 4.86. The van der Waals surface area contributed by atoms with E-state index < -0.39 is 0 Å². The summed E-state index contributed by atoms with van der Waals surface area (Å²) in [6.45, 7) is 0.690. The summed E-state index contributed by atoms with van der Waals surface area (Å²) in [4.78, 5) is 25.2. The van der Waals surface area contributed by atoms with Crippen molar-refractivity contribution in [1.29, 1.82) is 0 Å². The summed E-state index contributed by atoms with van der Waals surface area (Å²) in [5.41, 5.74) is 2.32. The highest BCUT2D eigenvalue weighted by molar-refractivity contribution is 9.10. The quantitative estimate of drug-likeness (QED) is 0.607. The number of amides is 2. The first-order chi connectivity index (χ1) is 9.06. The molecule has 1 aromatic carbocycles. The number of carbonyl (C=O) groups excluding carboxylic acids is 2. The van der Waals surface area contributed by atoms with Gasteiger partial charge in [-0.1, -0.05) is 22.0 Å². The van der Waals surface area contributed by atoms with Gasteiger partial charge in [0.15, 0.2) is 0 Å². The van der Waals surface area contributed by atoms with E-state index in [1.165, 1.54) is 5.56 Å². The number of hydrogen-bond acceptors (Lipinski definition) is 4. The smallest absolute Gasteiger partial charge is 0.243 e. The van der Waals surface area contributed by atoms with E-state index in [1.807, 2.05) is 17.0 Å². The van der Waals surface area contributed by atoms with Gasteiger partial charge in [0, 0.05) is 17.4 Å². The van der Waals surface area contributed by atoms with Crippen molar-refractivity contribution in [1.82, 2.24) is 10.2 Å². The zero-order chi connectivity index (χ0) is 13.6. The normalized spacial score (nSPS) is 27.3. The zero-order valence-corrected chi connectivity index (χ0v) is 12.6. The lowest BCUT2D eigenvalue weighted by Crippen LogP contribution is -2.51. The molecule has 1 N–H and O–H groups in total. The van der Waals surface area contributed by atoms with Gasteiger partial charge in [0.2, 0.25) is 11.8 Å². The maximum absolute atomic E-state index is 11.9. The van der Waals surface area contributed by atoms with Gasteiger partial charge in [-0.15, -0.1) is 0 Å². The molecule has 1 aromatic rings. The fraction of sp³-hybridized carbons (Fsp3) is 0.385. The summed E-state index contributed by atoms with van der Waals surface area (Å²) in [6.07, 6.45) is 0.963. The zero-order valence-electron chi connectivity index (χ0n) is 10.1. The third kappa shape index (κ3) is 2.32. The number of imide groups is 1. The van der Waals surface area contributed by atoms with Gasteiger partial charge in [-0.2, -0.15) is 12.6 Å². The number of halogens is 1. The predicted molar refractivity (Wildman–Crippen MR) is 77.6 cm³/mol. The first-order valence-corrected chi connectivity index (χ1v) is 7.43. The van der Waals surface area contributed by atoms with Crippen LogP contribution < -0.4 is 5.32 Å². The monoisotopic (exact) mass is 340 g/mol. The van der Waals surface area contributed by atoms with Crippen LogP contribution in [-0.2, 0) is 16.1 Å². The molecule has 0 saturated carbocycles. The highest BCUT2D eigenvalue weighted by Crippen LogP contribution is 2.39. The largest absolute Gasteiger partial charge is 0.295 e. The fourth-order valence-corrected chi connectivity index (χ4v) is 3.61. The molecule has 100 valence electrons. The van der Waals surface area contributed by atoms with E-state index in [2.05, 4.69) is 39.9 Å². The van der Waals surface area contributed by atoms with Crippen LogP contribution in [0.1, 0.15) is 29.3 Å². The number of piperidine rings is 1. The molecule has 0 spiro atoms. The van der Waals surface area contributed by atoms with Crippen molar-refractivity contribution in [3.8, 4) is 0 Å². The molecule has 2 amide bonds. The molecule has 6 heteroatoms. The molecule has 2 heterocycles. The van der Waals surface area contributed by atoms with Gasteiger partial charge < -0.3 is 0 Å². The lowest BCUT2D eigenvalue weighted by Gasteiger charge is -2.32. The van der Waals surface area contributed by atoms with Gasteiger partial charge in [-0.3, -0.25) is 19.8 Å². The lowest BCUT2D eigenvalue weighted by atomic mass is 10.0. The number of benzene rings is 1. The van der Waals surface area contributed by atoms with E-state index in [-0.39, 0.29) is 23.2 Å². The fourth-order valence-electron chi connectivity index (χ4n) is 2.70. The first-order valence-electron chi connectivity index (χ1n) is 6.12. The van der Waals surface area contributed by atoms with Crippen LogP contribution in [0.2, 0.25) is 0 Å². The molecule has 0 aromatic heterocycles. The SMILES string of the molecule is O=C1CCC(N2Cc3cc(Br)ccc3C2S)C(=O)N1. The maximum Gasteiger partial charge on any atom is 0.243 e. The second-order valence-corrected chi connectivity index (χ2v) is 6.26. The topological polar surface area (TPSA) is 49.4 Å². The van der Waals surface area contributed by atoms with Crippen molar-refractivity contribution in [3.63, 3.8) is 0 Å². The van der Waals surface area contributed by atoms with Crippen LogP contribution in [0.3, 0.4) is 0 Å². The highest BCUT2D eigenvalue weighted by Gasteiger charge is 2.38. The van der Waals surface area contributed by atoms with Crippen molar-refractivity contribution in [3.05, 3.63) is 33.8 Å². The summed E-state index contributed by atoms with van der Waals surface area (Å²) in [5.74, 6) is -0.390. The Kier molecular flexibility index (Phi) is 3.41. The summed E-state index contributed by atoms with van der Waals surface area (Å²) < 4.78 is 1.02. The number of nitrogens with zero attached hydrogens (tertiary/aromatic N) is 1. The van der Waals surface area contributed by atoms with E-state index >= 15 is 0 Å². The van der Waals surface area contributed by atoms with Crippen molar-refractivity contribution in [2.24, 2.45) is 0 Å². The number of nitrogens with one attached hydrogen (secondary N) is 1. The minimum absolute atomic E-state index is 0.0907. The number of fused-ring (bicyclic) bond motifs is 1. The van der Waals surface area contributed by atoms with Crippen molar-refractivity contribution in [2.75, 3.05) is 0 Å². The molecule has 0 aliphatic carbocycles. The molecular weight excluding hydrogens is 328 g/mol. The molecule has 2 aliphatic rings. The molecule has 2 aliphatic heterocycles. The minimum Gasteiger partial charge on any atom is -0.295 e. The van der Waals surface area contributed by atoms with Crippen LogP contribution in [0, 0.1) is 0 Å². The highest BCUT2D eigenvalue weighted by atomic mass is 79.9. The van der Waals surface area contributed by atoms with Gasteiger partial charge in [0.1, 0.15) is 0 Å². The lowest BCUT2D eigenvalue weighted by molar-refractivity contribution is -0.137. The molecule has 2 unspecified atom stereocenters. The number of hydrogen-bond donors (Lipinski definition) is 2. The van der Waals surface area contributed by atoms with Gasteiger partial charge >= 0.3 is 0 Å². The van der Waals surface area contributed by atoms with Crippen LogP contribution in [0.4, 0.5) is 0 Å². The number of rotatable bonds is 1. The van der Waals surface area contributed by atoms with E-state index in [0.29, 0.717) is 19.4 Å². The Hall–Kier alpha value is -0.850. The van der Waals surface area contributed by atoms with Crippen LogP contribution >= 0.6 is 28.6 Å². The average molecular weight is 341 g/mol. The van der Waals surface area contributed by atoms with Gasteiger partial charge in [-0.25, -0.2) is 0 Å². The van der Waals surface area contributed by atoms with Crippen LogP contribution in [0.25, 0.3) is 0 Å². The number of carbonyl (C=O) groups is 2. The Labute approximate surface area is 125 Å². The van der Waals surface area contributed by atoms with Crippen LogP contribution in [0.15, 0.2) is 22.7 Å². The predicted octanol–water partition coefficient (Wildman–Crippen LogP) is 2.00. The van der Waals surface area contributed by atoms with Crippen LogP contribution in [0.5, 0.6) is 0 Å².